The van der Waals surface area contributed by atoms with E-state index in [1.165, 1.54) is 0 Å². The minimum absolute atomic E-state index is 0.0937. The fraction of sp³-hybridized carbons (Fsp3) is 0.625. The highest BCUT2D eigenvalue weighted by atomic mass is 19.1. The Morgan fingerprint density at radius 1 is 1.06 bits per heavy atom. The van der Waals surface area contributed by atoms with Crippen molar-refractivity contribution < 1.29 is 4.39 Å². The molecule has 1 aromatic rings. The van der Waals surface area contributed by atoms with Crippen LogP contribution in [-0.2, 0) is 0 Å². The van der Waals surface area contributed by atoms with Crippen LogP contribution in [0.25, 0.3) is 0 Å². The molecule has 1 atom stereocenters. The van der Waals surface area contributed by atoms with E-state index in [2.05, 4.69) is 39.9 Å². The third-order valence-corrected chi connectivity index (χ3v) is 3.59. The zero-order valence-corrected chi connectivity index (χ0v) is 12.2. The number of hydrogen-bond donors (Lipinski definition) is 1. The van der Waals surface area contributed by atoms with Gasteiger partial charge < -0.3 is 5.32 Å². The highest BCUT2D eigenvalue weighted by Gasteiger charge is 2.29. The number of nitrogens with one attached hydrogen (secondary N) is 1. The lowest BCUT2D eigenvalue weighted by molar-refractivity contribution is 0.208. The molecule has 0 heterocycles. The summed E-state index contributed by atoms with van der Waals surface area (Å²) in [5, 5.41) is 3.46. The Morgan fingerprint density at radius 3 is 2.06 bits per heavy atom. The summed E-state index contributed by atoms with van der Waals surface area (Å²) < 4.78 is 14.0. The molecule has 102 valence electrons. The molecule has 0 aliphatic heterocycles. The van der Waals surface area contributed by atoms with Gasteiger partial charge in [-0.05, 0) is 30.4 Å². The average molecular weight is 251 g/mol. The molecule has 18 heavy (non-hydrogen) atoms. The van der Waals surface area contributed by atoms with Gasteiger partial charge in [0.05, 0.1) is 0 Å². The lowest BCUT2D eigenvalue weighted by Crippen LogP contribution is -2.34. The predicted octanol–water partition coefficient (Wildman–Crippen LogP) is 4.40. The van der Waals surface area contributed by atoms with Gasteiger partial charge in [-0.1, -0.05) is 52.8 Å². The first kappa shape index (κ1) is 15.2. The normalized spacial score (nSPS) is 13.6. The van der Waals surface area contributed by atoms with E-state index in [-0.39, 0.29) is 11.9 Å². The van der Waals surface area contributed by atoms with Gasteiger partial charge in [-0.2, -0.15) is 0 Å². The molecule has 1 rings (SSSR count). The lowest BCUT2D eigenvalue weighted by atomic mass is 9.77. The zero-order valence-electron chi connectivity index (χ0n) is 12.2. The summed E-state index contributed by atoms with van der Waals surface area (Å²) in [5.74, 6) is 1.37. The standard InChI is InChI=1S/C16H26FN/c1-6-18-16(15(11(2)3)12(4)5)13-9-7-8-10-14(13)17/h7-12,15-16,18H,6H2,1-5H3. The van der Waals surface area contributed by atoms with Crippen LogP contribution in [0.4, 0.5) is 4.39 Å². The Kier molecular flexibility index (Phi) is 5.80. The van der Waals surface area contributed by atoms with Crippen LogP contribution in [0.1, 0.15) is 46.2 Å². The van der Waals surface area contributed by atoms with Crippen molar-refractivity contribution in [1.29, 1.82) is 0 Å². The molecule has 0 saturated carbocycles. The van der Waals surface area contributed by atoms with Crippen molar-refractivity contribution in [3.05, 3.63) is 35.6 Å². The maximum absolute atomic E-state index is 14.0. The SMILES string of the molecule is CCNC(c1ccccc1F)C(C(C)C)C(C)C. The molecule has 0 saturated heterocycles. The van der Waals surface area contributed by atoms with Crippen LogP contribution in [0.15, 0.2) is 24.3 Å². The second-order valence-electron chi connectivity index (χ2n) is 5.62. The minimum atomic E-state index is -0.102. The lowest BCUT2D eigenvalue weighted by Gasteiger charge is -2.34. The van der Waals surface area contributed by atoms with Crippen molar-refractivity contribution in [1.82, 2.24) is 5.32 Å². The maximum atomic E-state index is 14.0. The first-order valence-electron chi connectivity index (χ1n) is 6.96. The fourth-order valence-corrected chi connectivity index (χ4v) is 2.94. The van der Waals surface area contributed by atoms with E-state index in [0.717, 1.165) is 12.1 Å². The highest BCUT2D eigenvalue weighted by Crippen LogP contribution is 2.34. The van der Waals surface area contributed by atoms with Crippen LogP contribution in [0.3, 0.4) is 0 Å². The molecule has 0 radical (unpaired) electrons. The summed E-state index contributed by atoms with van der Waals surface area (Å²) in [6, 6.07) is 7.22. The Bertz CT molecular complexity index is 352. The first-order chi connectivity index (χ1) is 8.49. The van der Waals surface area contributed by atoms with Crippen molar-refractivity contribution in [2.24, 2.45) is 17.8 Å². The monoisotopic (exact) mass is 251 g/mol. The number of rotatable bonds is 6. The zero-order chi connectivity index (χ0) is 13.7. The van der Waals surface area contributed by atoms with E-state index in [4.69, 9.17) is 0 Å². The molecule has 0 aromatic heterocycles. The van der Waals surface area contributed by atoms with Gasteiger partial charge in [-0.15, -0.1) is 0 Å². The summed E-state index contributed by atoms with van der Waals surface area (Å²) >= 11 is 0. The van der Waals surface area contributed by atoms with Crippen LogP contribution in [0.2, 0.25) is 0 Å². The quantitative estimate of drug-likeness (QED) is 0.790. The van der Waals surface area contributed by atoms with Crippen LogP contribution in [-0.4, -0.2) is 6.54 Å². The molecule has 0 amide bonds. The minimum Gasteiger partial charge on any atom is -0.310 e. The molecular weight excluding hydrogens is 225 g/mol. The van der Waals surface area contributed by atoms with Gasteiger partial charge >= 0.3 is 0 Å². The Morgan fingerprint density at radius 2 is 1.61 bits per heavy atom. The summed E-state index contributed by atoms with van der Waals surface area (Å²) in [7, 11) is 0. The topological polar surface area (TPSA) is 12.0 Å². The molecule has 0 bridgehead atoms. The molecule has 0 fully saturated rings. The summed E-state index contributed by atoms with van der Waals surface area (Å²) in [6.07, 6.45) is 0. The molecule has 0 aliphatic carbocycles. The Hall–Kier alpha value is -0.890. The van der Waals surface area contributed by atoms with Gasteiger partial charge in [0.1, 0.15) is 5.82 Å². The van der Waals surface area contributed by atoms with Crippen LogP contribution < -0.4 is 5.32 Å². The fourth-order valence-electron chi connectivity index (χ4n) is 2.94. The van der Waals surface area contributed by atoms with Crippen LogP contribution in [0.5, 0.6) is 0 Å². The largest absolute Gasteiger partial charge is 0.310 e. The van der Waals surface area contributed by atoms with Gasteiger partial charge in [0.15, 0.2) is 0 Å². The number of halogens is 1. The van der Waals surface area contributed by atoms with E-state index in [1.807, 2.05) is 12.1 Å². The maximum Gasteiger partial charge on any atom is 0.127 e. The van der Waals surface area contributed by atoms with Gasteiger partial charge in [0.2, 0.25) is 0 Å². The Balaban J connectivity index is 3.12. The van der Waals surface area contributed by atoms with E-state index >= 15 is 0 Å². The van der Waals surface area contributed by atoms with Gasteiger partial charge in [-0.25, -0.2) is 4.39 Å². The number of hydrogen-bond acceptors (Lipinski definition) is 1. The molecule has 2 heteroatoms. The second kappa shape index (κ2) is 6.89. The third-order valence-electron chi connectivity index (χ3n) is 3.59. The molecular formula is C16H26FN. The summed E-state index contributed by atoms with van der Waals surface area (Å²) in [5.41, 5.74) is 0.798. The summed E-state index contributed by atoms with van der Waals surface area (Å²) in [4.78, 5) is 0. The molecule has 1 unspecified atom stereocenters. The average Bonchev–Trinajstić information content (AvgIpc) is 2.28. The van der Waals surface area contributed by atoms with Gasteiger partial charge in [0, 0.05) is 11.6 Å². The summed E-state index contributed by atoms with van der Waals surface area (Å²) in [6.45, 7) is 11.8. The van der Waals surface area contributed by atoms with E-state index < -0.39 is 0 Å². The molecule has 1 N–H and O–H groups in total. The van der Waals surface area contributed by atoms with Gasteiger partial charge in [0.25, 0.3) is 0 Å². The molecule has 1 aromatic carbocycles. The highest BCUT2D eigenvalue weighted by molar-refractivity contribution is 5.22. The van der Waals surface area contributed by atoms with Crippen molar-refractivity contribution in [2.45, 2.75) is 40.7 Å². The predicted molar refractivity (Wildman–Crippen MR) is 76.0 cm³/mol. The van der Waals surface area contributed by atoms with Crippen molar-refractivity contribution in [3.63, 3.8) is 0 Å². The van der Waals surface area contributed by atoms with Crippen molar-refractivity contribution in [3.8, 4) is 0 Å². The van der Waals surface area contributed by atoms with Crippen molar-refractivity contribution in [2.75, 3.05) is 6.54 Å². The Labute approximate surface area is 111 Å². The van der Waals surface area contributed by atoms with E-state index in [0.29, 0.717) is 17.8 Å². The number of benzene rings is 1. The third kappa shape index (κ3) is 3.55. The van der Waals surface area contributed by atoms with Crippen LogP contribution >= 0.6 is 0 Å². The molecule has 0 spiro atoms. The van der Waals surface area contributed by atoms with E-state index in [1.54, 1.807) is 12.1 Å². The molecule has 1 nitrogen and oxygen atoms in total. The second-order valence-corrected chi connectivity index (χ2v) is 5.62. The molecule has 0 aliphatic rings. The van der Waals surface area contributed by atoms with E-state index in [9.17, 15) is 4.39 Å². The van der Waals surface area contributed by atoms with Crippen LogP contribution in [0, 0.1) is 23.6 Å². The first-order valence-corrected chi connectivity index (χ1v) is 6.96. The van der Waals surface area contributed by atoms with Crippen molar-refractivity contribution >= 4 is 0 Å². The smallest absolute Gasteiger partial charge is 0.127 e. The van der Waals surface area contributed by atoms with Gasteiger partial charge in [-0.3, -0.25) is 0 Å².